The molecule has 0 saturated heterocycles. The van der Waals surface area contributed by atoms with Crippen molar-refractivity contribution < 1.29 is 9.26 Å². The van der Waals surface area contributed by atoms with Gasteiger partial charge >= 0.3 is 0 Å². The van der Waals surface area contributed by atoms with Gasteiger partial charge in [0, 0.05) is 29.8 Å². The molecule has 0 spiro atoms. The Kier molecular flexibility index (Phi) is 3.54. The number of aromatic nitrogens is 4. The molecule has 0 saturated carbocycles. The first kappa shape index (κ1) is 14.8. The Balaban J connectivity index is 2.02. The average molecular weight is 322 g/mol. The van der Waals surface area contributed by atoms with E-state index in [1.807, 2.05) is 26.1 Å². The van der Waals surface area contributed by atoms with Gasteiger partial charge in [-0.1, -0.05) is 24.2 Å². The highest BCUT2D eigenvalue weighted by molar-refractivity contribution is 6.11. The second-order valence-corrected chi connectivity index (χ2v) is 5.79. The first-order valence-electron chi connectivity index (χ1n) is 7.93. The summed E-state index contributed by atoms with van der Waals surface area (Å²) >= 11 is 0. The molecule has 1 N–H and O–H groups in total. The third-order valence-electron chi connectivity index (χ3n) is 4.28. The summed E-state index contributed by atoms with van der Waals surface area (Å²) in [6.45, 7) is 4.59. The van der Waals surface area contributed by atoms with Crippen molar-refractivity contribution in [1.29, 1.82) is 0 Å². The molecule has 0 bridgehead atoms. The minimum Gasteiger partial charge on any atom is -0.380 e. The number of nitrogens with one attached hydrogen (secondary N) is 1. The molecular weight excluding hydrogens is 304 g/mol. The van der Waals surface area contributed by atoms with Crippen molar-refractivity contribution in [3.63, 3.8) is 0 Å². The normalized spacial score (nSPS) is 11.6. The van der Waals surface area contributed by atoms with Gasteiger partial charge in [-0.25, -0.2) is 4.98 Å². The Morgan fingerprint density at radius 2 is 2.08 bits per heavy atom. The van der Waals surface area contributed by atoms with E-state index in [0.29, 0.717) is 18.3 Å². The predicted octanol–water partition coefficient (Wildman–Crippen LogP) is 3.78. The number of nitrogens with zero attached hydrogens (tertiary/aromatic N) is 3. The topological polar surface area (TPSA) is 76.8 Å². The molecule has 122 valence electrons. The minimum atomic E-state index is 0.463. The molecule has 0 unspecified atom stereocenters. The summed E-state index contributed by atoms with van der Waals surface area (Å²) in [5.41, 5.74) is 4.95. The average Bonchev–Trinajstić information content (AvgIpc) is 3.20. The molecule has 0 aliphatic carbocycles. The van der Waals surface area contributed by atoms with Crippen molar-refractivity contribution in [2.75, 3.05) is 7.11 Å². The lowest BCUT2D eigenvalue weighted by Crippen LogP contribution is -1.92. The molecule has 3 aromatic heterocycles. The van der Waals surface area contributed by atoms with Crippen LogP contribution in [-0.2, 0) is 17.8 Å². The molecule has 4 aromatic rings. The zero-order chi connectivity index (χ0) is 16.7. The summed E-state index contributed by atoms with van der Waals surface area (Å²) in [4.78, 5) is 12.4. The van der Waals surface area contributed by atoms with Crippen molar-refractivity contribution in [1.82, 2.24) is 20.1 Å². The van der Waals surface area contributed by atoms with Gasteiger partial charge in [-0.3, -0.25) is 0 Å². The number of hydrogen-bond donors (Lipinski definition) is 1. The quantitative estimate of drug-likeness (QED) is 0.618. The van der Waals surface area contributed by atoms with Crippen LogP contribution in [0, 0.1) is 6.92 Å². The van der Waals surface area contributed by atoms with Gasteiger partial charge in [0.2, 0.25) is 0 Å². The molecule has 0 amide bonds. The van der Waals surface area contributed by atoms with E-state index in [4.69, 9.17) is 9.26 Å². The fourth-order valence-corrected chi connectivity index (χ4v) is 3.16. The number of aromatic amines is 1. The zero-order valence-corrected chi connectivity index (χ0v) is 13.9. The highest BCUT2D eigenvalue weighted by atomic mass is 16.5. The molecule has 6 nitrogen and oxygen atoms in total. The van der Waals surface area contributed by atoms with Gasteiger partial charge in [-0.05, 0) is 24.1 Å². The van der Waals surface area contributed by atoms with Crippen LogP contribution < -0.4 is 0 Å². The number of benzene rings is 1. The van der Waals surface area contributed by atoms with E-state index in [-0.39, 0.29) is 0 Å². The van der Waals surface area contributed by atoms with E-state index in [9.17, 15) is 0 Å². The number of fused-ring (bicyclic) bond motifs is 3. The molecular formula is C18H18N4O2. The summed E-state index contributed by atoms with van der Waals surface area (Å²) < 4.78 is 10.7. The first-order chi connectivity index (χ1) is 11.7. The SMILES string of the molecule is CCc1noc(-c2ncc3[nH]c4cccc(COC)c4c3c2C)n1. The Morgan fingerprint density at radius 1 is 1.21 bits per heavy atom. The Labute approximate surface area is 138 Å². The van der Waals surface area contributed by atoms with Crippen molar-refractivity contribution in [3.05, 3.63) is 41.3 Å². The molecule has 0 atom stereocenters. The summed E-state index contributed by atoms with van der Waals surface area (Å²) in [6.07, 6.45) is 2.56. The van der Waals surface area contributed by atoms with Crippen molar-refractivity contribution in [2.45, 2.75) is 26.9 Å². The van der Waals surface area contributed by atoms with Crippen LogP contribution >= 0.6 is 0 Å². The highest BCUT2D eigenvalue weighted by Gasteiger charge is 2.18. The van der Waals surface area contributed by atoms with Gasteiger partial charge in [0.15, 0.2) is 5.82 Å². The molecule has 1 aromatic carbocycles. The monoisotopic (exact) mass is 322 g/mol. The van der Waals surface area contributed by atoms with Gasteiger partial charge in [-0.15, -0.1) is 0 Å². The van der Waals surface area contributed by atoms with Gasteiger partial charge in [0.05, 0.1) is 18.3 Å². The predicted molar refractivity (Wildman–Crippen MR) is 91.7 cm³/mol. The fourth-order valence-electron chi connectivity index (χ4n) is 3.16. The molecule has 0 fully saturated rings. The lowest BCUT2D eigenvalue weighted by molar-refractivity contribution is 0.186. The van der Waals surface area contributed by atoms with Crippen LogP contribution in [0.15, 0.2) is 28.9 Å². The maximum absolute atomic E-state index is 5.38. The Bertz CT molecular complexity index is 1030. The maximum atomic E-state index is 5.38. The van der Waals surface area contributed by atoms with Crippen LogP contribution in [-0.4, -0.2) is 27.2 Å². The van der Waals surface area contributed by atoms with Crippen LogP contribution in [0.1, 0.15) is 23.9 Å². The van der Waals surface area contributed by atoms with E-state index < -0.39 is 0 Å². The molecule has 0 aliphatic rings. The van der Waals surface area contributed by atoms with Crippen LogP contribution in [0.5, 0.6) is 0 Å². The summed E-state index contributed by atoms with van der Waals surface area (Å²) in [5, 5.41) is 6.26. The Hall–Kier alpha value is -2.73. The molecule has 4 rings (SSSR count). The van der Waals surface area contributed by atoms with Gasteiger partial charge in [-0.2, -0.15) is 4.98 Å². The molecule has 0 aliphatic heterocycles. The number of rotatable bonds is 4. The summed E-state index contributed by atoms with van der Waals surface area (Å²) in [7, 11) is 1.71. The van der Waals surface area contributed by atoms with Gasteiger partial charge in [0.25, 0.3) is 5.89 Å². The van der Waals surface area contributed by atoms with Gasteiger partial charge in [0.1, 0.15) is 5.69 Å². The van der Waals surface area contributed by atoms with Crippen LogP contribution in [0.2, 0.25) is 0 Å². The maximum Gasteiger partial charge on any atom is 0.276 e. The van der Waals surface area contributed by atoms with E-state index in [1.165, 1.54) is 0 Å². The van der Waals surface area contributed by atoms with E-state index in [0.717, 1.165) is 45.0 Å². The van der Waals surface area contributed by atoms with Crippen LogP contribution in [0.3, 0.4) is 0 Å². The van der Waals surface area contributed by atoms with E-state index in [2.05, 4.69) is 32.2 Å². The third-order valence-corrected chi connectivity index (χ3v) is 4.28. The lowest BCUT2D eigenvalue weighted by Gasteiger charge is -2.05. The molecule has 24 heavy (non-hydrogen) atoms. The molecule has 3 heterocycles. The van der Waals surface area contributed by atoms with Crippen LogP contribution in [0.4, 0.5) is 0 Å². The van der Waals surface area contributed by atoms with E-state index in [1.54, 1.807) is 7.11 Å². The molecule has 6 heteroatoms. The van der Waals surface area contributed by atoms with Crippen molar-refractivity contribution in [2.24, 2.45) is 0 Å². The zero-order valence-electron chi connectivity index (χ0n) is 13.9. The summed E-state index contributed by atoms with van der Waals surface area (Å²) in [6, 6.07) is 6.18. The van der Waals surface area contributed by atoms with Gasteiger partial charge < -0.3 is 14.2 Å². The number of methoxy groups -OCH3 is 1. The first-order valence-corrected chi connectivity index (χ1v) is 7.93. The lowest BCUT2D eigenvalue weighted by atomic mass is 10.0. The number of H-pyrrole nitrogens is 1. The highest BCUT2D eigenvalue weighted by Crippen LogP contribution is 2.34. The number of ether oxygens (including phenoxy) is 1. The second-order valence-electron chi connectivity index (χ2n) is 5.79. The summed E-state index contributed by atoms with van der Waals surface area (Å²) in [5.74, 6) is 1.15. The largest absolute Gasteiger partial charge is 0.380 e. The third kappa shape index (κ3) is 2.18. The number of aryl methyl sites for hydroxylation is 2. The van der Waals surface area contributed by atoms with E-state index >= 15 is 0 Å². The molecule has 0 radical (unpaired) electrons. The van der Waals surface area contributed by atoms with Crippen LogP contribution in [0.25, 0.3) is 33.4 Å². The Morgan fingerprint density at radius 3 is 2.83 bits per heavy atom. The standard InChI is InChI=1S/C18H18N4O2/c1-4-14-21-18(24-22-14)17-10(2)15-13(8-19-17)20-12-7-5-6-11(9-23-3)16(12)15/h5-8,20H,4,9H2,1-3H3. The minimum absolute atomic E-state index is 0.463. The van der Waals surface area contributed by atoms with Crippen molar-refractivity contribution >= 4 is 21.8 Å². The van der Waals surface area contributed by atoms with Crippen molar-refractivity contribution in [3.8, 4) is 11.6 Å². The second kappa shape index (κ2) is 5.72. The fraction of sp³-hybridized carbons (Fsp3) is 0.278. The smallest absolute Gasteiger partial charge is 0.276 e. The number of hydrogen-bond acceptors (Lipinski definition) is 5. The number of pyridine rings is 1.